The van der Waals surface area contributed by atoms with Crippen LogP contribution in [0.5, 0.6) is 5.75 Å². The maximum atomic E-state index is 13.3. The zero-order valence-electron chi connectivity index (χ0n) is 16.7. The summed E-state index contributed by atoms with van der Waals surface area (Å²) < 4.78 is 19.0. The van der Waals surface area contributed by atoms with Crippen molar-refractivity contribution in [2.75, 3.05) is 11.5 Å². The number of nitrogens with zero attached hydrogens (tertiary/aromatic N) is 1. The van der Waals surface area contributed by atoms with Gasteiger partial charge in [0.25, 0.3) is 0 Å². The van der Waals surface area contributed by atoms with Crippen LogP contribution >= 0.6 is 11.6 Å². The number of carbonyl (C=O) groups is 2. The number of amides is 2. The predicted octanol–water partition coefficient (Wildman–Crippen LogP) is 4.66. The fourth-order valence-electron chi connectivity index (χ4n) is 5.88. The molecule has 0 radical (unpaired) electrons. The van der Waals surface area contributed by atoms with E-state index in [9.17, 15) is 14.0 Å². The molecule has 158 valence electrons. The van der Waals surface area contributed by atoms with Crippen LogP contribution in [-0.4, -0.2) is 18.4 Å². The third-order valence-corrected chi connectivity index (χ3v) is 7.69. The number of ether oxygens (including phenoxy) is 1. The highest BCUT2D eigenvalue weighted by Gasteiger charge is 2.67. The maximum absolute atomic E-state index is 13.3. The highest BCUT2D eigenvalue weighted by molar-refractivity contribution is 6.30. The third kappa shape index (κ3) is 2.93. The van der Waals surface area contributed by atoms with Crippen molar-refractivity contribution in [2.24, 2.45) is 35.5 Å². The smallest absolute Gasteiger partial charge is 0.238 e. The molecule has 2 aromatic rings. The molecule has 1 aliphatic heterocycles. The van der Waals surface area contributed by atoms with Crippen molar-refractivity contribution in [1.82, 2.24) is 0 Å². The van der Waals surface area contributed by atoms with Gasteiger partial charge in [0, 0.05) is 6.42 Å². The highest BCUT2D eigenvalue weighted by Crippen LogP contribution is 2.65. The Bertz CT molecular complexity index is 1080. The maximum Gasteiger partial charge on any atom is 0.238 e. The second-order valence-corrected chi connectivity index (χ2v) is 9.41. The van der Waals surface area contributed by atoms with Crippen molar-refractivity contribution in [3.8, 4) is 5.75 Å². The quantitative estimate of drug-likeness (QED) is 0.505. The molecule has 2 amide bonds. The van der Waals surface area contributed by atoms with Crippen LogP contribution in [0.4, 0.5) is 10.1 Å². The molecular formula is C25H21ClFNO3. The molecule has 6 atom stereocenters. The van der Waals surface area contributed by atoms with E-state index in [1.54, 1.807) is 36.4 Å². The Balaban J connectivity index is 1.13. The number of imide groups is 1. The molecule has 2 bridgehead atoms. The van der Waals surface area contributed by atoms with Crippen LogP contribution < -0.4 is 9.64 Å². The van der Waals surface area contributed by atoms with Crippen LogP contribution in [0.1, 0.15) is 12.0 Å². The molecule has 3 fully saturated rings. The van der Waals surface area contributed by atoms with Gasteiger partial charge in [-0.2, -0.15) is 0 Å². The van der Waals surface area contributed by atoms with Gasteiger partial charge in [0.1, 0.15) is 11.6 Å². The number of halogens is 2. The molecule has 1 heterocycles. The average Bonchev–Trinajstić information content (AvgIpc) is 3.55. The number of rotatable bonds is 5. The van der Waals surface area contributed by atoms with E-state index >= 15 is 0 Å². The second kappa shape index (κ2) is 6.92. The van der Waals surface area contributed by atoms with Gasteiger partial charge in [-0.1, -0.05) is 29.8 Å². The Morgan fingerprint density at radius 2 is 1.61 bits per heavy atom. The summed E-state index contributed by atoms with van der Waals surface area (Å²) in [5, 5.41) is 0.100. The average molecular weight is 438 g/mol. The van der Waals surface area contributed by atoms with Gasteiger partial charge in [0.05, 0.1) is 29.2 Å². The molecule has 31 heavy (non-hydrogen) atoms. The van der Waals surface area contributed by atoms with Crippen LogP contribution in [-0.2, 0) is 16.0 Å². The first-order chi connectivity index (χ1) is 15.0. The summed E-state index contributed by atoms with van der Waals surface area (Å²) in [6.45, 7) is 0.408. The van der Waals surface area contributed by atoms with Gasteiger partial charge in [0.2, 0.25) is 11.8 Å². The Labute approximate surface area is 184 Å². The molecule has 5 aliphatic rings. The summed E-state index contributed by atoms with van der Waals surface area (Å²) >= 11 is 5.81. The first-order valence-corrected chi connectivity index (χ1v) is 11.1. The molecule has 0 spiro atoms. The van der Waals surface area contributed by atoms with Crippen LogP contribution in [0.2, 0.25) is 5.02 Å². The van der Waals surface area contributed by atoms with Gasteiger partial charge in [-0.05, 0) is 72.1 Å². The lowest BCUT2D eigenvalue weighted by atomic mass is 9.63. The van der Waals surface area contributed by atoms with E-state index in [1.165, 1.54) is 11.0 Å². The van der Waals surface area contributed by atoms with Crippen molar-refractivity contribution in [3.63, 3.8) is 0 Å². The molecule has 0 aromatic heterocycles. The predicted molar refractivity (Wildman–Crippen MR) is 114 cm³/mol. The van der Waals surface area contributed by atoms with E-state index in [0.717, 1.165) is 12.0 Å². The van der Waals surface area contributed by atoms with Gasteiger partial charge in [-0.25, -0.2) is 4.39 Å². The molecule has 6 heteroatoms. The Morgan fingerprint density at radius 3 is 2.23 bits per heavy atom. The van der Waals surface area contributed by atoms with Crippen molar-refractivity contribution in [1.29, 1.82) is 0 Å². The normalized spacial score (nSPS) is 32.3. The van der Waals surface area contributed by atoms with Crippen LogP contribution in [0, 0.1) is 41.3 Å². The largest absolute Gasteiger partial charge is 0.493 e. The molecule has 2 saturated carbocycles. The van der Waals surface area contributed by atoms with E-state index < -0.39 is 5.82 Å². The summed E-state index contributed by atoms with van der Waals surface area (Å²) in [6.07, 6.45) is 6.11. The lowest BCUT2D eigenvalue weighted by Crippen LogP contribution is -2.40. The number of benzene rings is 2. The minimum Gasteiger partial charge on any atom is -0.493 e. The number of allylic oxidation sites excluding steroid dienone is 2. The minimum atomic E-state index is -0.436. The second-order valence-electron chi connectivity index (χ2n) is 9.01. The molecule has 0 N–H and O–H groups in total. The zero-order chi connectivity index (χ0) is 21.3. The summed E-state index contributed by atoms with van der Waals surface area (Å²) in [6, 6.07) is 11.7. The molecule has 1 saturated heterocycles. The number of anilines is 1. The fourth-order valence-corrected chi connectivity index (χ4v) is 6.09. The van der Waals surface area contributed by atoms with Gasteiger partial charge >= 0.3 is 0 Å². The Kier molecular flexibility index (Phi) is 4.26. The van der Waals surface area contributed by atoms with Gasteiger partial charge in [-0.15, -0.1) is 0 Å². The molecular weight excluding hydrogens is 417 g/mol. The number of carbonyl (C=O) groups excluding carboxylic acids is 2. The van der Waals surface area contributed by atoms with E-state index in [1.807, 2.05) is 0 Å². The van der Waals surface area contributed by atoms with Gasteiger partial charge in [0.15, 0.2) is 0 Å². The molecule has 4 nitrogen and oxygen atoms in total. The Hall–Kier alpha value is -2.66. The summed E-state index contributed by atoms with van der Waals surface area (Å²) in [4.78, 5) is 27.7. The first kappa shape index (κ1) is 19.1. The number of hydrogen-bond donors (Lipinski definition) is 0. The Morgan fingerprint density at radius 1 is 0.968 bits per heavy atom. The van der Waals surface area contributed by atoms with Gasteiger partial charge < -0.3 is 4.74 Å². The number of hydrogen-bond acceptors (Lipinski definition) is 3. The third-order valence-electron chi connectivity index (χ3n) is 7.40. The monoisotopic (exact) mass is 437 g/mol. The first-order valence-electron chi connectivity index (χ1n) is 10.8. The summed E-state index contributed by atoms with van der Waals surface area (Å²) in [7, 11) is 0. The van der Waals surface area contributed by atoms with Crippen molar-refractivity contribution < 1.29 is 18.7 Å². The van der Waals surface area contributed by atoms with Crippen LogP contribution in [0.25, 0.3) is 0 Å². The van der Waals surface area contributed by atoms with E-state index in [2.05, 4.69) is 12.2 Å². The molecule has 2 aromatic carbocycles. The minimum absolute atomic E-state index is 0.0541. The lowest BCUT2D eigenvalue weighted by Gasteiger charge is -2.37. The lowest BCUT2D eigenvalue weighted by molar-refractivity contribution is -0.124. The molecule has 6 unspecified atom stereocenters. The van der Waals surface area contributed by atoms with Gasteiger partial charge in [-0.3, -0.25) is 14.5 Å². The summed E-state index contributed by atoms with van der Waals surface area (Å²) in [5.41, 5.74) is 1.50. The highest BCUT2D eigenvalue weighted by atomic mass is 35.5. The van der Waals surface area contributed by atoms with E-state index in [-0.39, 0.29) is 40.5 Å². The van der Waals surface area contributed by atoms with Crippen molar-refractivity contribution in [2.45, 2.75) is 12.8 Å². The molecule has 4 aliphatic carbocycles. The zero-order valence-corrected chi connectivity index (χ0v) is 17.5. The fraction of sp³-hybridized carbons (Fsp3) is 0.360. The van der Waals surface area contributed by atoms with Crippen LogP contribution in [0.3, 0.4) is 0 Å². The van der Waals surface area contributed by atoms with E-state index in [4.69, 9.17) is 16.3 Å². The standard InChI is InChI=1S/C25H21ClFNO3/c26-20-11-13(1-8-21(20)27)9-10-31-15-4-2-14(3-5-15)28-24(29)22-16-6-7-17(19-12-18(16)19)23(22)25(28)30/h1-8,11,16-19,22-23H,9-10,12H2. The molecule has 7 rings (SSSR count). The SMILES string of the molecule is O=C1C2C3C=CC(C4CC34)C2C(=O)N1c1ccc(OCCc2ccc(F)c(Cl)c2)cc1. The van der Waals surface area contributed by atoms with Crippen molar-refractivity contribution in [3.05, 3.63) is 71.0 Å². The van der Waals surface area contributed by atoms with Crippen LogP contribution in [0.15, 0.2) is 54.6 Å². The van der Waals surface area contributed by atoms with E-state index in [0.29, 0.717) is 36.3 Å². The van der Waals surface area contributed by atoms with Crippen molar-refractivity contribution >= 4 is 29.1 Å². The summed E-state index contributed by atoms with van der Waals surface area (Å²) in [5.74, 6) is 1.37. The topological polar surface area (TPSA) is 46.6 Å².